The Morgan fingerprint density at radius 3 is 2.33 bits per heavy atom. The van der Waals surface area contributed by atoms with E-state index in [2.05, 4.69) is 41.1 Å². The summed E-state index contributed by atoms with van der Waals surface area (Å²) >= 11 is 2.60. The summed E-state index contributed by atoms with van der Waals surface area (Å²) in [6.07, 6.45) is 1.18. The summed E-state index contributed by atoms with van der Waals surface area (Å²) in [7, 11) is 0. The van der Waals surface area contributed by atoms with Crippen LogP contribution in [0.4, 0.5) is 0 Å². The van der Waals surface area contributed by atoms with Gasteiger partial charge >= 0.3 is 64.4 Å². The molecule has 0 heterocycles. The fourth-order valence-corrected chi connectivity index (χ4v) is 1.32. The summed E-state index contributed by atoms with van der Waals surface area (Å²) in [5.74, 6) is 0. The molecule has 1 aromatic carbocycles. The van der Waals surface area contributed by atoms with E-state index in [1.165, 1.54) is 17.2 Å². The average Bonchev–Trinajstić information content (AvgIpc) is 1.91. The molecule has 0 unspecified atom stereocenters. The molecule has 0 spiro atoms. The van der Waals surface area contributed by atoms with Crippen LogP contribution in [0.2, 0.25) is 5.21 Å². The van der Waals surface area contributed by atoms with Gasteiger partial charge in [-0.15, -0.1) is 0 Å². The van der Waals surface area contributed by atoms with Crippen molar-refractivity contribution < 1.29 is 0 Å². The molecule has 2 radical (unpaired) electrons. The molecule has 0 bridgehead atoms. The average molecular weight is 180 g/mol. The predicted molar refractivity (Wildman–Crippen MR) is 40.7 cm³/mol. The van der Waals surface area contributed by atoms with Crippen molar-refractivity contribution in [2.45, 2.75) is 11.6 Å². The Morgan fingerprint density at radius 1 is 1.11 bits per heavy atom. The van der Waals surface area contributed by atoms with Crippen LogP contribution in [-0.2, 0) is 6.42 Å². The standard InChI is InChI=1S/C8H9As/c9-7-6-8-4-2-1-3-5-8/h1-5H,6-7H2. The molecular weight excluding hydrogens is 171 g/mol. The molecule has 0 aliphatic heterocycles. The summed E-state index contributed by atoms with van der Waals surface area (Å²) in [5.41, 5.74) is 1.43. The molecule has 0 saturated carbocycles. The van der Waals surface area contributed by atoms with E-state index in [4.69, 9.17) is 0 Å². The normalized spacial score (nSPS) is 9.44. The first kappa shape index (κ1) is 6.89. The van der Waals surface area contributed by atoms with Crippen LogP contribution in [0, 0.1) is 0 Å². The molecule has 9 heavy (non-hydrogen) atoms. The summed E-state index contributed by atoms with van der Waals surface area (Å²) in [5, 5.41) is 1.18. The van der Waals surface area contributed by atoms with Crippen molar-refractivity contribution in [2.24, 2.45) is 0 Å². The van der Waals surface area contributed by atoms with Crippen LogP contribution >= 0.6 is 0 Å². The zero-order chi connectivity index (χ0) is 6.53. The van der Waals surface area contributed by atoms with Crippen LogP contribution in [0.3, 0.4) is 0 Å². The van der Waals surface area contributed by atoms with E-state index >= 15 is 0 Å². The minimum atomic E-state index is 1.18. The molecule has 1 aromatic rings. The first-order valence-corrected chi connectivity index (χ1v) is 4.41. The van der Waals surface area contributed by atoms with Gasteiger partial charge in [-0.2, -0.15) is 0 Å². The molecule has 1 rings (SSSR count). The Hall–Kier alpha value is -0.222. The van der Waals surface area contributed by atoms with Crippen LogP contribution in [0.5, 0.6) is 0 Å². The van der Waals surface area contributed by atoms with Gasteiger partial charge in [-0.05, 0) is 0 Å². The number of rotatable bonds is 2. The fourth-order valence-electron chi connectivity index (χ4n) is 0.774. The van der Waals surface area contributed by atoms with Crippen LogP contribution in [0.15, 0.2) is 30.3 Å². The Bertz CT molecular complexity index is 157. The molecule has 0 nitrogen and oxygen atoms in total. The number of hydrogen-bond donors (Lipinski definition) is 0. The number of aryl methyl sites for hydroxylation is 1. The maximum atomic E-state index is 2.60. The Labute approximate surface area is 64.8 Å². The third-order valence-electron chi connectivity index (χ3n) is 1.24. The van der Waals surface area contributed by atoms with Crippen molar-refractivity contribution in [2.75, 3.05) is 0 Å². The van der Waals surface area contributed by atoms with Crippen molar-refractivity contribution in [3.05, 3.63) is 35.9 Å². The molecule has 0 amide bonds. The molecule has 0 N–H and O–H groups in total. The van der Waals surface area contributed by atoms with Gasteiger partial charge in [0.25, 0.3) is 0 Å². The van der Waals surface area contributed by atoms with E-state index in [0.29, 0.717) is 0 Å². The zero-order valence-electron chi connectivity index (χ0n) is 5.25. The molecule has 0 fully saturated rings. The molecule has 0 aliphatic carbocycles. The second-order valence-corrected chi connectivity index (χ2v) is 2.90. The van der Waals surface area contributed by atoms with E-state index < -0.39 is 0 Å². The summed E-state index contributed by atoms with van der Waals surface area (Å²) in [6.45, 7) is 0. The number of hydrogen-bond acceptors (Lipinski definition) is 0. The first-order chi connectivity index (χ1) is 4.43. The third-order valence-corrected chi connectivity index (χ3v) is 1.71. The first-order valence-electron chi connectivity index (χ1n) is 3.08. The molecule has 0 aromatic heterocycles. The van der Waals surface area contributed by atoms with E-state index in [0.717, 1.165) is 0 Å². The van der Waals surface area contributed by atoms with Crippen molar-refractivity contribution in [3.63, 3.8) is 0 Å². The van der Waals surface area contributed by atoms with Crippen LogP contribution in [0.1, 0.15) is 5.56 Å². The Morgan fingerprint density at radius 2 is 1.78 bits per heavy atom. The molecule has 0 saturated heterocycles. The quantitative estimate of drug-likeness (QED) is 0.609. The van der Waals surface area contributed by atoms with Crippen molar-refractivity contribution in [1.82, 2.24) is 0 Å². The SMILES string of the molecule is [As]CCc1ccccc1. The zero-order valence-corrected chi connectivity index (χ0v) is 7.12. The fraction of sp³-hybridized carbons (Fsp3) is 0.250. The van der Waals surface area contributed by atoms with Gasteiger partial charge in [0.2, 0.25) is 0 Å². The van der Waals surface area contributed by atoms with E-state index in [-0.39, 0.29) is 0 Å². The minimum absolute atomic E-state index is 1.18. The van der Waals surface area contributed by atoms with Gasteiger partial charge in [-0.25, -0.2) is 0 Å². The van der Waals surface area contributed by atoms with Gasteiger partial charge in [0.15, 0.2) is 0 Å². The molecule has 1 heteroatoms. The number of benzene rings is 1. The molecule has 46 valence electrons. The van der Waals surface area contributed by atoms with Crippen LogP contribution in [0.25, 0.3) is 0 Å². The Kier molecular flexibility index (Phi) is 2.86. The van der Waals surface area contributed by atoms with Crippen molar-refractivity contribution in [1.29, 1.82) is 0 Å². The third kappa shape index (κ3) is 2.24. The summed E-state index contributed by atoms with van der Waals surface area (Å²) in [6, 6.07) is 10.5. The summed E-state index contributed by atoms with van der Waals surface area (Å²) in [4.78, 5) is 0. The van der Waals surface area contributed by atoms with Gasteiger partial charge in [-0.1, -0.05) is 0 Å². The van der Waals surface area contributed by atoms with Gasteiger partial charge in [0.05, 0.1) is 0 Å². The van der Waals surface area contributed by atoms with E-state index in [1.54, 1.807) is 0 Å². The predicted octanol–water partition coefficient (Wildman–Crippen LogP) is 1.82. The van der Waals surface area contributed by atoms with Crippen molar-refractivity contribution in [3.8, 4) is 0 Å². The van der Waals surface area contributed by atoms with Gasteiger partial charge < -0.3 is 0 Å². The van der Waals surface area contributed by atoms with Gasteiger partial charge in [0, 0.05) is 0 Å². The van der Waals surface area contributed by atoms with E-state index in [9.17, 15) is 0 Å². The second kappa shape index (κ2) is 3.74. The summed E-state index contributed by atoms with van der Waals surface area (Å²) < 4.78 is 0. The topological polar surface area (TPSA) is 0 Å². The molecule has 0 aliphatic rings. The van der Waals surface area contributed by atoms with Crippen LogP contribution in [-0.4, -0.2) is 16.9 Å². The molecule has 0 atom stereocenters. The molecular formula is C8H9As. The monoisotopic (exact) mass is 180 g/mol. The van der Waals surface area contributed by atoms with Crippen molar-refractivity contribution >= 4 is 16.9 Å². The maximum absolute atomic E-state index is 2.60. The Balaban J connectivity index is 2.61. The van der Waals surface area contributed by atoms with E-state index in [1.807, 2.05) is 6.07 Å². The van der Waals surface area contributed by atoms with Gasteiger partial charge in [-0.3, -0.25) is 0 Å². The second-order valence-electron chi connectivity index (χ2n) is 1.96. The van der Waals surface area contributed by atoms with Gasteiger partial charge in [0.1, 0.15) is 0 Å². The van der Waals surface area contributed by atoms with Crippen LogP contribution < -0.4 is 0 Å².